The topological polar surface area (TPSA) is 38.3 Å². The fraction of sp³-hybridized carbons (Fsp3) is 0.571. The van der Waals surface area contributed by atoms with Gasteiger partial charge in [0, 0.05) is 5.02 Å². The highest BCUT2D eigenvalue weighted by atomic mass is 35.5. The van der Waals surface area contributed by atoms with Gasteiger partial charge >= 0.3 is 0 Å². The van der Waals surface area contributed by atoms with Gasteiger partial charge in [-0.1, -0.05) is 23.7 Å². The number of hydrogen-bond acceptors (Lipinski definition) is 2. The normalized spacial score (nSPS) is 19.8. The van der Waals surface area contributed by atoms with Gasteiger partial charge in [-0.3, -0.25) is 0 Å². The van der Waals surface area contributed by atoms with Gasteiger partial charge < -0.3 is 4.74 Å². The summed E-state index contributed by atoms with van der Waals surface area (Å²) in [4.78, 5) is 0. The Morgan fingerprint density at radius 3 is 2.47 bits per heavy atom. The lowest BCUT2D eigenvalue weighted by molar-refractivity contribution is -0.0662. The van der Waals surface area contributed by atoms with Crippen molar-refractivity contribution in [2.24, 2.45) is 0 Å². The molecule has 0 aliphatic carbocycles. The van der Waals surface area contributed by atoms with Crippen molar-refractivity contribution in [1.82, 2.24) is 4.72 Å². The first kappa shape index (κ1) is 15.0. The van der Waals surface area contributed by atoms with E-state index in [0.29, 0.717) is 13.2 Å². The second kappa shape index (κ2) is 5.17. The van der Waals surface area contributed by atoms with E-state index in [2.05, 4.69) is 4.72 Å². The van der Waals surface area contributed by atoms with Crippen LogP contribution in [0.2, 0.25) is 5.02 Å². The first-order valence-corrected chi connectivity index (χ1v) is 7.82. The third kappa shape index (κ3) is 2.87. The molecule has 0 bridgehead atoms. The second-order valence-electron chi connectivity index (χ2n) is 5.97. The molecule has 5 heteroatoms. The van der Waals surface area contributed by atoms with E-state index in [1.165, 1.54) is 0 Å². The highest BCUT2D eigenvalue weighted by Crippen LogP contribution is 2.35. The lowest BCUT2D eigenvalue weighted by atomic mass is 9.86. The van der Waals surface area contributed by atoms with E-state index < -0.39 is 11.0 Å². The van der Waals surface area contributed by atoms with Crippen molar-refractivity contribution in [3.63, 3.8) is 0 Å². The van der Waals surface area contributed by atoms with Gasteiger partial charge in [0.05, 0.1) is 28.9 Å². The molecule has 106 valence electrons. The number of hydrogen-bond donors (Lipinski definition) is 1. The summed E-state index contributed by atoms with van der Waals surface area (Å²) < 4.78 is 20.6. The van der Waals surface area contributed by atoms with Crippen LogP contribution in [0.25, 0.3) is 0 Å². The van der Waals surface area contributed by atoms with E-state index in [1.54, 1.807) is 0 Å². The number of ether oxygens (including phenoxy) is 1. The number of benzene rings is 1. The SMILES string of the molecule is Cc1c(Cl)cccc1C1(NS(=O)C(C)(C)C)COC1. The number of rotatable bonds is 3. The molecule has 0 amide bonds. The molecule has 1 saturated heterocycles. The van der Waals surface area contributed by atoms with Gasteiger partial charge in [0.2, 0.25) is 0 Å². The fourth-order valence-corrected chi connectivity index (χ4v) is 3.10. The minimum atomic E-state index is -1.14. The van der Waals surface area contributed by atoms with Crippen molar-refractivity contribution in [2.45, 2.75) is 38.0 Å². The van der Waals surface area contributed by atoms with E-state index >= 15 is 0 Å². The zero-order valence-corrected chi connectivity index (χ0v) is 13.3. The Labute approximate surface area is 122 Å². The van der Waals surface area contributed by atoms with Crippen LogP contribution in [0.15, 0.2) is 18.2 Å². The Morgan fingerprint density at radius 1 is 1.37 bits per heavy atom. The predicted octanol–water partition coefficient (Wildman–Crippen LogP) is 2.93. The fourth-order valence-electron chi connectivity index (χ4n) is 2.03. The van der Waals surface area contributed by atoms with Gasteiger partial charge in [-0.25, -0.2) is 8.93 Å². The molecular weight excluding hydrogens is 282 g/mol. The van der Waals surface area contributed by atoms with Crippen LogP contribution in [0.1, 0.15) is 31.9 Å². The largest absolute Gasteiger partial charge is 0.377 e. The van der Waals surface area contributed by atoms with Crippen LogP contribution >= 0.6 is 11.6 Å². The van der Waals surface area contributed by atoms with Crippen LogP contribution < -0.4 is 4.72 Å². The zero-order valence-electron chi connectivity index (χ0n) is 11.7. The second-order valence-corrected chi connectivity index (χ2v) is 8.34. The molecule has 1 atom stereocenters. The average Bonchev–Trinajstić information content (AvgIpc) is 2.26. The molecule has 1 aromatic rings. The Hall–Kier alpha value is -0.420. The molecule has 3 nitrogen and oxygen atoms in total. The Bertz CT molecular complexity index is 507. The molecule has 1 heterocycles. The van der Waals surface area contributed by atoms with Gasteiger partial charge in [0.15, 0.2) is 0 Å². The van der Waals surface area contributed by atoms with Gasteiger partial charge in [0.1, 0.15) is 5.54 Å². The van der Waals surface area contributed by atoms with Crippen LogP contribution in [-0.4, -0.2) is 22.2 Å². The molecule has 1 N–H and O–H groups in total. The van der Waals surface area contributed by atoms with Crippen LogP contribution in [-0.2, 0) is 21.3 Å². The van der Waals surface area contributed by atoms with Crippen molar-refractivity contribution in [1.29, 1.82) is 0 Å². The summed E-state index contributed by atoms with van der Waals surface area (Å²) in [6.45, 7) is 8.89. The molecule has 1 aliphatic heterocycles. The first-order valence-electron chi connectivity index (χ1n) is 6.29. The third-order valence-electron chi connectivity index (χ3n) is 3.32. The Balaban J connectivity index is 2.33. The molecule has 1 aromatic carbocycles. The molecule has 1 unspecified atom stereocenters. The summed E-state index contributed by atoms with van der Waals surface area (Å²) in [6, 6.07) is 5.82. The quantitative estimate of drug-likeness (QED) is 0.932. The van der Waals surface area contributed by atoms with E-state index in [0.717, 1.165) is 16.1 Å². The van der Waals surface area contributed by atoms with E-state index in [4.69, 9.17) is 16.3 Å². The summed E-state index contributed by atoms with van der Waals surface area (Å²) in [5.74, 6) is 0. The summed E-state index contributed by atoms with van der Waals surface area (Å²) in [6.07, 6.45) is 0. The van der Waals surface area contributed by atoms with Crippen molar-refractivity contribution < 1.29 is 8.95 Å². The van der Waals surface area contributed by atoms with Gasteiger partial charge in [-0.2, -0.15) is 0 Å². The number of nitrogens with one attached hydrogen (secondary N) is 1. The minimum Gasteiger partial charge on any atom is -0.377 e. The molecule has 1 fully saturated rings. The molecular formula is C14H20ClNO2S. The smallest absolute Gasteiger partial charge is 0.102 e. The van der Waals surface area contributed by atoms with Crippen molar-refractivity contribution in [2.75, 3.05) is 13.2 Å². The van der Waals surface area contributed by atoms with Crippen LogP contribution in [0.4, 0.5) is 0 Å². The highest BCUT2D eigenvalue weighted by molar-refractivity contribution is 7.84. The molecule has 1 aliphatic rings. The van der Waals surface area contributed by atoms with Crippen LogP contribution in [0.3, 0.4) is 0 Å². The maximum atomic E-state index is 12.4. The molecule has 19 heavy (non-hydrogen) atoms. The maximum absolute atomic E-state index is 12.4. The van der Waals surface area contributed by atoms with Crippen molar-refractivity contribution in [3.8, 4) is 0 Å². The summed E-state index contributed by atoms with van der Waals surface area (Å²) in [5.41, 5.74) is 1.71. The lowest BCUT2D eigenvalue weighted by Crippen LogP contribution is -2.60. The van der Waals surface area contributed by atoms with Gasteiger partial charge in [-0.15, -0.1) is 0 Å². The van der Waals surface area contributed by atoms with E-state index in [1.807, 2.05) is 45.9 Å². The van der Waals surface area contributed by atoms with E-state index in [9.17, 15) is 4.21 Å². The lowest BCUT2D eigenvalue weighted by Gasteiger charge is -2.44. The Morgan fingerprint density at radius 2 is 2.00 bits per heavy atom. The molecule has 2 rings (SSSR count). The molecule has 0 aromatic heterocycles. The molecule has 0 spiro atoms. The summed E-state index contributed by atoms with van der Waals surface area (Å²) in [5, 5.41) is 0.729. The van der Waals surface area contributed by atoms with Gasteiger partial charge in [0.25, 0.3) is 0 Å². The first-order chi connectivity index (χ1) is 8.76. The Kier molecular flexibility index (Phi) is 4.07. The minimum absolute atomic E-state index is 0.310. The van der Waals surface area contributed by atoms with Crippen LogP contribution in [0.5, 0.6) is 0 Å². The third-order valence-corrected chi connectivity index (χ3v) is 5.42. The molecule has 0 radical (unpaired) electrons. The molecule has 0 saturated carbocycles. The van der Waals surface area contributed by atoms with Crippen LogP contribution in [0, 0.1) is 6.92 Å². The monoisotopic (exact) mass is 301 g/mol. The standard InChI is InChI=1S/C14H20ClNO2S/c1-10-11(6-5-7-12(10)15)14(8-18-9-14)16-19(17)13(2,3)4/h5-7,16H,8-9H2,1-4H3. The van der Waals surface area contributed by atoms with Crippen molar-refractivity contribution >= 4 is 22.6 Å². The maximum Gasteiger partial charge on any atom is 0.102 e. The van der Waals surface area contributed by atoms with Crippen molar-refractivity contribution in [3.05, 3.63) is 34.3 Å². The van der Waals surface area contributed by atoms with Gasteiger partial charge in [-0.05, 0) is 44.9 Å². The average molecular weight is 302 g/mol. The zero-order chi connectivity index (χ0) is 14.3. The van der Waals surface area contributed by atoms with E-state index in [-0.39, 0.29) is 10.3 Å². The summed E-state index contributed by atoms with van der Waals surface area (Å²) in [7, 11) is -1.14. The summed E-state index contributed by atoms with van der Waals surface area (Å²) >= 11 is 6.18. The highest BCUT2D eigenvalue weighted by Gasteiger charge is 2.44. The number of halogens is 1. The predicted molar refractivity (Wildman–Crippen MR) is 79.7 cm³/mol.